The van der Waals surface area contributed by atoms with Gasteiger partial charge in [0.1, 0.15) is 0 Å². The Labute approximate surface area is 88.8 Å². The first-order chi connectivity index (χ1) is 6.13. The molecule has 3 heteroatoms. The summed E-state index contributed by atoms with van der Waals surface area (Å²) in [6.45, 7) is 2.76. The summed E-state index contributed by atoms with van der Waals surface area (Å²) in [6.07, 6.45) is 0.885. The van der Waals surface area contributed by atoms with Crippen molar-refractivity contribution >= 4 is 23.2 Å². The summed E-state index contributed by atoms with van der Waals surface area (Å²) < 4.78 is 0. The molecule has 0 aromatic heterocycles. The first-order valence-electron chi connectivity index (χ1n) is 4.27. The van der Waals surface area contributed by atoms with Crippen molar-refractivity contribution < 1.29 is 0 Å². The predicted octanol–water partition coefficient (Wildman–Crippen LogP) is 3.13. The highest BCUT2D eigenvalue weighted by Crippen LogP contribution is 2.22. The molecule has 2 N–H and O–H groups in total. The molecule has 0 aliphatic carbocycles. The molecule has 0 bridgehead atoms. The van der Waals surface area contributed by atoms with E-state index in [9.17, 15) is 0 Å². The number of rotatable bonds is 3. The van der Waals surface area contributed by atoms with Crippen LogP contribution in [0.2, 0.25) is 10.0 Å². The van der Waals surface area contributed by atoms with Gasteiger partial charge in [0.15, 0.2) is 0 Å². The van der Waals surface area contributed by atoms with E-state index in [0.29, 0.717) is 12.5 Å². The summed E-state index contributed by atoms with van der Waals surface area (Å²) in [7, 11) is 0. The third kappa shape index (κ3) is 3.18. The molecule has 0 spiro atoms. The Morgan fingerprint density at radius 3 is 2.69 bits per heavy atom. The molecule has 0 fully saturated rings. The molecule has 0 aliphatic heterocycles. The third-order valence-corrected chi connectivity index (χ3v) is 2.58. The van der Waals surface area contributed by atoms with Crippen molar-refractivity contribution in [1.82, 2.24) is 0 Å². The van der Waals surface area contributed by atoms with Gasteiger partial charge in [-0.3, -0.25) is 0 Å². The molecule has 0 aliphatic rings. The summed E-state index contributed by atoms with van der Waals surface area (Å²) in [6, 6.07) is 5.51. The van der Waals surface area contributed by atoms with E-state index in [2.05, 4.69) is 6.92 Å². The zero-order chi connectivity index (χ0) is 9.84. The van der Waals surface area contributed by atoms with Crippen LogP contribution in [0.15, 0.2) is 18.2 Å². The van der Waals surface area contributed by atoms with Crippen molar-refractivity contribution in [2.24, 2.45) is 11.7 Å². The van der Waals surface area contributed by atoms with Gasteiger partial charge >= 0.3 is 0 Å². The summed E-state index contributed by atoms with van der Waals surface area (Å²) in [5.41, 5.74) is 6.61. The molecule has 0 heterocycles. The van der Waals surface area contributed by atoms with Crippen LogP contribution in [0.4, 0.5) is 0 Å². The second-order valence-corrected chi connectivity index (χ2v) is 4.12. The van der Waals surface area contributed by atoms with Gasteiger partial charge in [0, 0.05) is 10.0 Å². The highest BCUT2D eigenvalue weighted by atomic mass is 35.5. The first kappa shape index (κ1) is 10.8. The minimum absolute atomic E-state index is 0.441. The van der Waals surface area contributed by atoms with Crippen LogP contribution in [0.3, 0.4) is 0 Å². The van der Waals surface area contributed by atoms with E-state index in [4.69, 9.17) is 28.9 Å². The summed E-state index contributed by atoms with van der Waals surface area (Å²) in [5.74, 6) is 0.441. The van der Waals surface area contributed by atoms with Crippen LogP contribution < -0.4 is 5.73 Å². The van der Waals surface area contributed by atoms with Crippen LogP contribution in [-0.4, -0.2) is 6.54 Å². The maximum absolute atomic E-state index is 6.00. The molecule has 0 saturated heterocycles. The Bertz CT molecular complexity index is 286. The second kappa shape index (κ2) is 4.85. The van der Waals surface area contributed by atoms with E-state index < -0.39 is 0 Å². The number of benzene rings is 1. The van der Waals surface area contributed by atoms with Crippen molar-refractivity contribution in [2.75, 3.05) is 6.54 Å². The topological polar surface area (TPSA) is 26.0 Å². The Morgan fingerprint density at radius 1 is 1.38 bits per heavy atom. The molecule has 72 valence electrons. The molecular weight excluding hydrogens is 205 g/mol. The smallest absolute Gasteiger partial charge is 0.0439 e. The summed E-state index contributed by atoms with van der Waals surface area (Å²) >= 11 is 11.9. The largest absolute Gasteiger partial charge is 0.330 e. The zero-order valence-corrected chi connectivity index (χ0v) is 9.07. The van der Waals surface area contributed by atoms with E-state index in [1.54, 1.807) is 6.07 Å². The summed E-state index contributed by atoms with van der Waals surface area (Å²) in [4.78, 5) is 0. The van der Waals surface area contributed by atoms with Crippen molar-refractivity contribution in [3.8, 4) is 0 Å². The van der Waals surface area contributed by atoms with Crippen LogP contribution in [0.5, 0.6) is 0 Å². The van der Waals surface area contributed by atoms with Gasteiger partial charge in [-0.15, -0.1) is 0 Å². The monoisotopic (exact) mass is 217 g/mol. The maximum Gasteiger partial charge on any atom is 0.0439 e. The van der Waals surface area contributed by atoms with Gasteiger partial charge in [0.05, 0.1) is 0 Å². The van der Waals surface area contributed by atoms with Gasteiger partial charge in [0.25, 0.3) is 0 Å². The lowest BCUT2D eigenvalue weighted by Gasteiger charge is -2.09. The van der Waals surface area contributed by atoms with Gasteiger partial charge in [-0.1, -0.05) is 30.1 Å². The fraction of sp³-hybridized carbons (Fsp3) is 0.400. The predicted molar refractivity (Wildman–Crippen MR) is 58.4 cm³/mol. The van der Waals surface area contributed by atoms with Crippen LogP contribution in [0.25, 0.3) is 0 Å². The van der Waals surface area contributed by atoms with Crippen molar-refractivity contribution in [1.29, 1.82) is 0 Å². The minimum atomic E-state index is 0.441. The van der Waals surface area contributed by atoms with Gasteiger partial charge in [-0.2, -0.15) is 0 Å². The van der Waals surface area contributed by atoms with E-state index in [1.165, 1.54) is 0 Å². The van der Waals surface area contributed by atoms with E-state index in [0.717, 1.165) is 22.0 Å². The SMILES string of the molecule is C[C@H](CN)Cc1cc(Cl)ccc1Cl. The lowest BCUT2D eigenvalue weighted by atomic mass is 10.0. The van der Waals surface area contributed by atoms with E-state index >= 15 is 0 Å². The third-order valence-electron chi connectivity index (χ3n) is 1.98. The van der Waals surface area contributed by atoms with Crippen LogP contribution in [0.1, 0.15) is 12.5 Å². The highest BCUT2D eigenvalue weighted by Gasteiger charge is 2.05. The minimum Gasteiger partial charge on any atom is -0.330 e. The highest BCUT2D eigenvalue weighted by molar-refractivity contribution is 6.33. The van der Waals surface area contributed by atoms with Crippen molar-refractivity contribution in [2.45, 2.75) is 13.3 Å². The van der Waals surface area contributed by atoms with E-state index in [1.807, 2.05) is 12.1 Å². The molecule has 0 amide bonds. The normalized spacial score (nSPS) is 12.9. The summed E-state index contributed by atoms with van der Waals surface area (Å²) in [5, 5.41) is 1.49. The maximum atomic E-state index is 6.00. The quantitative estimate of drug-likeness (QED) is 0.828. The average Bonchev–Trinajstić information content (AvgIpc) is 2.11. The number of halogens is 2. The Hall–Kier alpha value is -0.240. The molecule has 13 heavy (non-hydrogen) atoms. The van der Waals surface area contributed by atoms with Gasteiger partial charge in [-0.05, 0) is 42.6 Å². The van der Waals surface area contributed by atoms with Crippen LogP contribution in [-0.2, 0) is 6.42 Å². The van der Waals surface area contributed by atoms with Gasteiger partial charge in [0.2, 0.25) is 0 Å². The van der Waals surface area contributed by atoms with Crippen molar-refractivity contribution in [3.05, 3.63) is 33.8 Å². The van der Waals surface area contributed by atoms with Gasteiger partial charge in [-0.25, -0.2) is 0 Å². The van der Waals surface area contributed by atoms with Crippen LogP contribution >= 0.6 is 23.2 Å². The second-order valence-electron chi connectivity index (χ2n) is 3.28. The molecule has 1 atom stereocenters. The zero-order valence-electron chi connectivity index (χ0n) is 7.56. The molecule has 1 nitrogen and oxygen atoms in total. The van der Waals surface area contributed by atoms with Gasteiger partial charge < -0.3 is 5.73 Å². The Kier molecular flexibility index (Phi) is 4.04. The number of hydrogen-bond acceptors (Lipinski definition) is 1. The molecule has 0 unspecified atom stereocenters. The number of hydrogen-bond donors (Lipinski definition) is 1. The Balaban J connectivity index is 2.81. The standard InChI is InChI=1S/C10H13Cl2N/c1-7(6-13)4-8-5-9(11)2-3-10(8)12/h2-3,5,7H,4,6,13H2,1H3/t7-/m0/s1. The van der Waals surface area contributed by atoms with Crippen molar-refractivity contribution in [3.63, 3.8) is 0 Å². The number of nitrogens with two attached hydrogens (primary N) is 1. The fourth-order valence-electron chi connectivity index (χ4n) is 1.16. The van der Waals surface area contributed by atoms with E-state index in [-0.39, 0.29) is 0 Å². The molecule has 1 rings (SSSR count). The van der Waals surface area contributed by atoms with Crippen LogP contribution in [0, 0.1) is 5.92 Å². The first-order valence-corrected chi connectivity index (χ1v) is 5.03. The Morgan fingerprint density at radius 2 is 2.08 bits per heavy atom. The lowest BCUT2D eigenvalue weighted by Crippen LogP contribution is -2.13. The lowest BCUT2D eigenvalue weighted by molar-refractivity contribution is 0.593. The molecule has 0 saturated carbocycles. The average molecular weight is 218 g/mol. The molecule has 0 radical (unpaired) electrons. The molecular formula is C10H13Cl2N. The molecule has 1 aromatic carbocycles. The fourth-order valence-corrected chi connectivity index (χ4v) is 1.55. The molecule has 1 aromatic rings.